The molecule has 2 N–H and O–H groups in total. The highest BCUT2D eigenvalue weighted by atomic mass is 16.5. The van der Waals surface area contributed by atoms with Gasteiger partial charge in [-0.3, -0.25) is 0 Å². The first kappa shape index (κ1) is 20.7. The van der Waals surface area contributed by atoms with Crippen LogP contribution in [0.15, 0.2) is 54.6 Å². The Morgan fingerprint density at radius 3 is 2.48 bits per heavy atom. The van der Waals surface area contributed by atoms with Gasteiger partial charge >= 0.3 is 5.97 Å². The lowest BCUT2D eigenvalue weighted by atomic mass is 10.1. The van der Waals surface area contributed by atoms with Gasteiger partial charge in [-0.2, -0.15) is 0 Å². The maximum Gasteiger partial charge on any atom is 0.337 e. The van der Waals surface area contributed by atoms with Crippen LogP contribution in [-0.2, 0) is 13.1 Å². The highest BCUT2D eigenvalue weighted by Gasteiger charge is 2.23. The number of carboxylic acids is 1. The molecular weight excluding hydrogens is 364 g/mol. The van der Waals surface area contributed by atoms with E-state index < -0.39 is 5.97 Å². The van der Waals surface area contributed by atoms with Gasteiger partial charge < -0.3 is 19.7 Å². The molecule has 5 nitrogen and oxygen atoms in total. The number of methoxy groups -OCH3 is 1. The Kier molecular flexibility index (Phi) is 6.39. The van der Waals surface area contributed by atoms with E-state index >= 15 is 0 Å². The predicted octanol–water partition coefficient (Wildman–Crippen LogP) is 4.71. The molecule has 0 radical (unpaired) electrons. The highest BCUT2D eigenvalue weighted by Crippen LogP contribution is 2.25. The maximum absolute atomic E-state index is 12.0. The fourth-order valence-corrected chi connectivity index (χ4v) is 3.75. The van der Waals surface area contributed by atoms with E-state index in [4.69, 9.17) is 4.74 Å². The van der Waals surface area contributed by atoms with Crippen LogP contribution in [0.5, 0.6) is 5.75 Å². The third-order valence-electron chi connectivity index (χ3n) is 5.48. The van der Waals surface area contributed by atoms with Gasteiger partial charge in [0.25, 0.3) is 0 Å². The summed E-state index contributed by atoms with van der Waals surface area (Å²) < 4.78 is 7.39. The molecule has 3 aromatic rings. The summed E-state index contributed by atoms with van der Waals surface area (Å²) in [4.78, 5) is 12.0. The van der Waals surface area contributed by atoms with Gasteiger partial charge in [0.2, 0.25) is 0 Å². The summed E-state index contributed by atoms with van der Waals surface area (Å²) >= 11 is 0. The molecule has 0 spiro atoms. The summed E-state index contributed by atoms with van der Waals surface area (Å²) in [6, 6.07) is 18.1. The van der Waals surface area contributed by atoms with E-state index in [-0.39, 0.29) is 6.04 Å². The second kappa shape index (κ2) is 8.97. The average molecular weight is 392 g/mol. The molecule has 3 rings (SSSR count). The number of aromatic carboxylic acids is 1. The van der Waals surface area contributed by atoms with Crippen molar-refractivity contribution in [1.29, 1.82) is 0 Å². The Balaban J connectivity index is 1.88. The SMILES string of the molecule is COc1cccc(Cn2c(C)c(CN[C@H](C)c3ccccc3)c(C(=O)O)c2C)c1. The first-order valence-corrected chi connectivity index (χ1v) is 9.75. The van der Waals surface area contributed by atoms with E-state index in [0.29, 0.717) is 18.7 Å². The summed E-state index contributed by atoms with van der Waals surface area (Å²) in [5.41, 5.74) is 5.20. The zero-order chi connectivity index (χ0) is 21.0. The molecule has 0 fully saturated rings. The molecule has 152 valence electrons. The van der Waals surface area contributed by atoms with Gasteiger partial charge in [-0.05, 0) is 44.0 Å². The van der Waals surface area contributed by atoms with E-state index in [1.54, 1.807) is 7.11 Å². The van der Waals surface area contributed by atoms with E-state index in [9.17, 15) is 9.90 Å². The smallest absolute Gasteiger partial charge is 0.337 e. The Bertz CT molecular complexity index is 993. The lowest BCUT2D eigenvalue weighted by Crippen LogP contribution is -2.19. The van der Waals surface area contributed by atoms with Crippen LogP contribution in [0, 0.1) is 13.8 Å². The molecule has 0 unspecified atom stereocenters. The first-order chi connectivity index (χ1) is 13.9. The molecule has 2 aromatic carbocycles. The van der Waals surface area contributed by atoms with Crippen molar-refractivity contribution in [3.8, 4) is 5.75 Å². The van der Waals surface area contributed by atoms with E-state index in [1.807, 2.05) is 56.3 Å². The number of carbonyl (C=O) groups is 1. The van der Waals surface area contributed by atoms with Gasteiger partial charge in [0.1, 0.15) is 5.75 Å². The van der Waals surface area contributed by atoms with Gasteiger partial charge in [-0.15, -0.1) is 0 Å². The van der Waals surface area contributed by atoms with Crippen molar-refractivity contribution in [3.05, 3.63) is 88.2 Å². The summed E-state index contributed by atoms with van der Waals surface area (Å²) in [6.07, 6.45) is 0. The number of carboxylic acid groups (broad SMARTS) is 1. The molecule has 1 aromatic heterocycles. The van der Waals surface area contributed by atoms with Crippen molar-refractivity contribution in [3.63, 3.8) is 0 Å². The minimum atomic E-state index is -0.890. The molecular formula is C24H28N2O3. The molecule has 1 atom stereocenters. The monoisotopic (exact) mass is 392 g/mol. The van der Waals surface area contributed by atoms with Crippen LogP contribution in [0.1, 0.15) is 51.4 Å². The predicted molar refractivity (Wildman–Crippen MR) is 115 cm³/mol. The van der Waals surface area contributed by atoms with Crippen LogP contribution in [0.4, 0.5) is 0 Å². The Hall–Kier alpha value is -3.05. The number of aromatic nitrogens is 1. The van der Waals surface area contributed by atoms with Crippen LogP contribution >= 0.6 is 0 Å². The quantitative estimate of drug-likeness (QED) is 0.583. The van der Waals surface area contributed by atoms with Crippen molar-refractivity contribution in [2.75, 3.05) is 7.11 Å². The molecule has 0 aliphatic heterocycles. The molecule has 0 saturated carbocycles. The Morgan fingerprint density at radius 2 is 1.83 bits per heavy atom. The summed E-state index contributed by atoms with van der Waals surface area (Å²) in [6.45, 7) is 7.05. The number of nitrogens with one attached hydrogen (secondary N) is 1. The normalized spacial score (nSPS) is 12.0. The van der Waals surface area contributed by atoms with Crippen molar-refractivity contribution >= 4 is 5.97 Å². The first-order valence-electron chi connectivity index (χ1n) is 9.75. The Labute approximate surface area is 172 Å². The van der Waals surface area contributed by atoms with E-state index in [1.165, 1.54) is 5.56 Å². The fourth-order valence-electron chi connectivity index (χ4n) is 3.75. The van der Waals surface area contributed by atoms with Crippen LogP contribution in [-0.4, -0.2) is 22.8 Å². The van der Waals surface area contributed by atoms with Crippen LogP contribution in [0.3, 0.4) is 0 Å². The van der Waals surface area contributed by atoms with Gasteiger partial charge in [0.15, 0.2) is 0 Å². The van der Waals surface area contributed by atoms with E-state index in [2.05, 4.69) is 28.9 Å². The Morgan fingerprint density at radius 1 is 1.10 bits per heavy atom. The van der Waals surface area contributed by atoms with Gasteiger partial charge in [0, 0.05) is 36.1 Å². The lowest BCUT2D eigenvalue weighted by Gasteiger charge is -2.15. The van der Waals surface area contributed by atoms with Gasteiger partial charge in [0.05, 0.1) is 12.7 Å². The van der Waals surface area contributed by atoms with Crippen molar-refractivity contribution in [1.82, 2.24) is 9.88 Å². The van der Waals surface area contributed by atoms with Crippen molar-refractivity contribution in [2.24, 2.45) is 0 Å². The largest absolute Gasteiger partial charge is 0.497 e. The van der Waals surface area contributed by atoms with Crippen LogP contribution in [0.2, 0.25) is 0 Å². The lowest BCUT2D eigenvalue weighted by molar-refractivity contribution is 0.0694. The fraction of sp³-hybridized carbons (Fsp3) is 0.292. The summed E-state index contributed by atoms with van der Waals surface area (Å²) in [7, 11) is 1.64. The molecule has 0 amide bonds. The standard InChI is InChI=1S/C24H28N2O3/c1-16(20-10-6-5-7-11-20)25-14-22-17(2)26(18(3)23(22)24(27)28)15-19-9-8-12-21(13-19)29-4/h5-13,16,25H,14-15H2,1-4H3,(H,27,28)/t16-/m1/s1. The number of rotatable bonds is 8. The van der Waals surface area contributed by atoms with Gasteiger partial charge in [-0.25, -0.2) is 4.79 Å². The third kappa shape index (κ3) is 4.51. The zero-order valence-corrected chi connectivity index (χ0v) is 17.4. The summed E-state index contributed by atoms with van der Waals surface area (Å²) in [5, 5.41) is 13.3. The molecule has 0 aliphatic carbocycles. The second-order valence-corrected chi connectivity index (χ2v) is 7.28. The highest BCUT2D eigenvalue weighted by molar-refractivity contribution is 5.91. The number of nitrogens with zero attached hydrogens (tertiary/aromatic N) is 1. The number of hydrogen-bond acceptors (Lipinski definition) is 3. The number of ether oxygens (including phenoxy) is 1. The average Bonchev–Trinajstić information content (AvgIpc) is 2.97. The van der Waals surface area contributed by atoms with Crippen molar-refractivity contribution < 1.29 is 14.6 Å². The molecule has 5 heteroatoms. The van der Waals surface area contributed by atoms with E-state index in [0.717, 1.165) is 28.3 Å². The topological polar surface area (TPSA) is 63.5 Å². The number of hydrogen-bond donors (Lipinski definition) is 2. The van der Waals surface area contributed by atoms with Crippen molar-refractivity contribution in [2.45, 2.75) is 39.9 Å². The molecule has 29 heavy (non-hydrogen) atoms. The molecule has 1 heterocycles. The zero-order valence-electron chi connectivity index (χ0n) is 17.4. The number of benzene rings is 2. The van der Waals surface area contributed by atoms with Gasteiger partial charge in [-0.1, -0.05) is 42.5 Å². The molecule has 0 bridgehead atoms. The minimum absolute atomic E-state index is 0.124. The third-order valence-corrected chi connectivity index (χ3v) is 5.48. The molecule has 0 aliphatic rings. The minimum Gasteiger partial charge on any atom is -0.497 e. The summed E-state index contributed by atoms with van der Waals surface area (Å²) in [5.74, 6) is -0.0962. The second-order valence-electron chi connectivity index (χ2n) is 7.28. The van der Waals surface area contributed by atoms with Crippen LogP contribution < -0.4 is 10.1 Å². The maximum atomic E-state index is 12.0. The van der Waals surface area contributed by atoms with Crippen LogP contribution in [0.25, 0.3) is 0 Å². The molecule has 0 saturated heterocycles.